The van der Waals surface area contributed by atoms with Gasteiger partial charge in [0, 0.05) is 0 Å². The van der Waals surface area contributed by atoms with Crippen molar-refractivity contribution in [3.05, 3.63) is 54.2 Å². The van der Waals surface area contributed by atoms with Crippen LogP contribution in [0, 0.1) is 6.92 Å². The number of hydrogen-bond acceptors (Lipinski definition) is 1. The number of rotatable bonds is 4. The van der Waals surface area contributed by atoms with Crippen LogP contribution >= 0.6 is 0 Å². The predicted molar refractivity (Wildman–Crippen MR) is 62.8 cm³/mol. The van der Waals surface area contributed by atoms with E-state index in [-0.39, 0.29) is 0 Å². The molecule has 0 heterocycles. The molecule has 0 aliphatic heterocycles. The fraction of sp³-hybridized carbons (Fsp3) is 0.231. The first-order chi connectivity index (χ1) is 6.79. The van der Waals surface area contributed by atoms with Crippen LogP contribution in [0.2, 0.25) is 0 Å². The summed E-state index contributed by atoms with van der Waals surface area (Å²) in [4.78, 5) is 0. The fourth-order valence-corrected chi connectivity index (χ4v) is 1.50. The molecule has 0 saturated carbocycles. The number of allylic oxidation sites excluding steroid dienone is 2. The number of benzene rings is 1. The quantitative estimate of drug-likeness (QED) is 0.719. The lowest BCUT2D eigenvalue weighted by molar-refractivity contribution is 1.06. The molecule has 0 aliphatic carbocycles. The maximum Gasteiger partial charge on any atom is -0.00235 e. The zero-order valence-electron chi connectivity index (χ0n) is 8.66. The molecular formula is C13H17N. The van der Waals surface area contributed by atoms with Crippen LogP contribution in [0.15, 0.2) is 43.1 Å². The van der Waals surface area contributed by atoms with Crippen molar-refractivity contribution < 1.29 is 0 Å². The average molecular weight is 187 g/mol. The molecule has 0 amide bonds. The van der Waals surface area contributed by atoms with Gasteiger partial charge in [-0.2, -0.15) is 0 Å². The minimum atomic E-state index is 0.963. The monoisotopic (exact) mass is 187 g/mol. The molecule has 0 unspecified atom stereocenters. The molecule has 1 rings (SSSR count). The van der Waals surface area contributed by atoms with Gasteiger partial charge in [-0.1, -0.05) is 30.3 Å². The van der Waals surface area contributed by atoms with Gasteiger partial charge in [-0.25, -0.2) is 0 Å². The second-order valence-electron chi connectivity index (χ2n) is 3.33. The summed E-state index contributed by atoms with van der Waals surface area (Å²) in [5, 5.41) is 0. The van der Waals surface area contributed by atoms with Crippen LogP contribution in [0.25, 0.3) is 5.57 Å². The van der Waals surface area contributed by atoms with Crippen LogP contribution in [0.4, 0.5) is 0 Å². The average Bonchev–Trinajstić information content (AvgIpc) is 2.21. The highest BCUT2D eigenvalue weighted by Gasteiger charge is 2.02. The Kier molecular flexibility index (Phi) is 3.99. The van der Waals surface area contributed by atoms with Gasteiger partial charge in [0.1, 0.15) is 0 Å². The molecule has 0 fully saturated rings. The molecule has 0 spiro atoms. The van der Waals surface area contributed by atoms with Gasteiger partial charge in [0.2, 0.25) is 0 Å². The zero-order chi connectivity index (χ0) is 10.4. The van der Waals surface area contributed by atoms with Crippen molar-refractivity contribution in [2.24, 2.45) is 5.73 Å². The Morgan fingerprint density at radius 3 is 2.71 bits per heavy atom. The van der Waals surface area contributed by atoms with E-state index in [1.165, 1.54) is 16.7 Å². The third-order valence-electron chi connectivity index (χ3n) is 2.31. The van der Waals surface area contributed by atoms with E-state index in [0.717, 1.165) is 12.8 Å². The third kappa shape index (κ3) is 2.49. The Hall–Kier alpha value is -1.50. The summed E-state index contributed by atoms with van der Waals surface area (Å²) >= 11 is 0. The van der Waals surface area contributed by atoms with Crippen LogP contribution in [-0.2, 0) is 0 Å². The Labute approximate surface area is 85.9 Å². The van der Waals surface area contributed by atoms with Crippen molar-refractivity contribution >= 4 is 5.57 Å². The Morgan fingerprint density at radius 2 is 2.14 bits per heavy atom. The summed E-state index contributed by atoms with van der Waals surface area (Å²) in [6.45, 7) is 5.82. The van der Waals surface area contributed by atoms with Gasteiger partial charge in [-0.3, -0.25) is 0 Å². The molecule has 0 saturated heterocycles. The topological polar surface area (TPSA) is 26.0 Å². The first-order valence-corrected chi connectivity index (χ1v) is 4.87. The van der Waals surface area contributed by atoms with E-state index in [1.54, 1.807) is 6.20 Å². The smallest absolute Gasteiger partial charge is 0.00235 e. The SMILES string of the molecule is C=CCC/C(=C/N)c1ccccc1C. The zero-order valence-corrected chi connectivity index (χ0v) is 8.66. The predicted octanol–water partition coefficient (Wildman–Crippen LogP) is 3.26. The summed E-state index contributed by atoms with van der Waals surface area (Å²) in [5.41, 5.74) is 9.33. The van der Waals surface area contributed by atoms with Gasteiger partial charge in [0.05, 0.1) is 0 Å². The molecule has 0 radical (unpaired) electrons. The highest BCUT2D eigenvalue weighted by molar-refractivity contribution is 5.67. The first kappa shape index (κ1) is 10.6. The van der Waals surface area contributed by atoms with Gasteiger partial charge in [-0.05, 0) is 42.7 Å². The number of hydrogen-bond donors (Lipinski definition) is 1. The maximum atomic E-state index is 5.62. The van der Waals surface area contributed by atoms with Crippen molar-refractivity contribution in [3.63, 3.8) is 0 Å². The summed E-state index contributed by atoms with van der Waals surface area (Å²) in [5.74, 6) is 0. The number of aryl methyl sites for hydroxylation is 1. The second kappa shape index (κ2) is 5.28. The minimum Gasteiger partial charge on any atom is -0.404 e. The summed E-state index contributed by atoms with van der Waals surface area (Å²) in [6, 6.07) is 8.30. The molecule has 0 atom stereocenters. The molecular weight excluding hydrogens is 170 g/mol. The lowest BCUT2D eigenvalue weighted by atomic mass is 9.98. The Morgan fingerprint density at radius 1 is 1.43 bits per heavy atom. The van der Waals surface area contributed by atoms with E-state index in [0.29, 0.717) is 0 Å². The van der Waals surface area contributed by atoms with Gasteiger partial charge in [0.15, 0.2) is 0 Å². The van der Waals surface area contributed by atoms with E-state index < -0.39 is 0 Å². The van der Waals surface area contributed by atoms with Gasteiger partial charge < -0.3 is 5.73 Å². The van der Waals surface area contributed by atoms with Crippen molar-refractivity contribution in [1.29, 1.82) is 0 Å². The highest BCUT2D eigenvalue weighted by Crippen LogP contribution is 2.22. The molecule has 1 aromatic carbocycles. The van der Waals surface area contributed by atoms with Gasteiger partial charge >= 0.3 is 0 Å². The molecule has 1 aromatic rings. The van der Waals surface area contributed by atoms with Crippen molar-refractivity contribution in [1.82, 2.24) is 0 Å². The van der Waals surface area contributed by atoms with E-state index in [4.69, 9.17) is 5.73 Å². The molecule has 1 heteroatoms. The van der Waals surface area contributed by atoms with Crippen LogP contribution in [0.3, 0.4) is 0 Å². The normalized spacial score (nSPS) is 11.4. The van der Waals surface area contributed by atoms with Crippen LogP contribution in [0.5, 0.6) is 0 Å². The van der Waals surface area contributed by atoms with E-state index >= 15 is 0 Å². The molecule has 74 valence electrons. The molecule has 1 nitrogen and oxygen atoms in total. The lowest BCUT2D eigenvalue weighted by Crippen LogP contribution is -1.92. The minimum absolute atomic E-state index is 0.963. The molecule has 2 N–H and O–H groups in total. The standard InChI is InChI=1S/C13H17N/c1-3-4-8-12(10-14)13-9-6-5-7-11(13)2/h3,5-7,9-10H,1,4,8,14H2,2H3/b12-10-. The van der Waals surface area contributed by atoms with Crippen LogP contribution in [0.1, 0.15) is 24.0 Å². The van der Waals surface area contributed by atoms with Crippen LogP contribution < -0.4 is 5.73 Å². The third-order valence-corrected chi connectivity index (χ3v) is 2.31. The molecule has 0 bridgehead atoms. The Bertz CT molecular complexity index is 337. The summed E-state index contributed by atoms with van der Waals surface area (Å²) in [7, 11) is 0. The molecule has 14 heavy (non-hydrogen) atoms. The van der Waals surface area contributed by atoms with Crippen molar-refractivity contribution in [2.75, 3.05) is 0 Å². The van der Waals surface area contributed by atoms with E-state index in [1.807, 2.05) is 18.2 Å². The lowest BCUT2D eigenvalue weighted by Gasteiger charge is -2.08. The van der Waals surface area contributed by atoms with E-state index in [2.05, 4.69) is 25.6 Å². The summed E-state index contributed by atoms with van der Waals surface area (Å²) < 4.78 is 0. The largest absolute Gasteiger partial charge is 0.404 e. The molecule has 0 aromatic heterocycles. The van der Waals surface area contributed by atoms with Gasteiger partial charge in [-0.15, -0.1) is 6.58 Å². The Balaban J connectivity index is 2.90. The highest BCUT2D eigenvalue weighted by atomic mass is 14.5. The molecule has 0 aliphatic rings. The maximum absolute atomic E-state index is 5.62. The van der Waals surface area contributed by atoms with Gasteiger partial charge in [0.25, 0.3) is 0 Å². The second-order valence-corrected chi connectivity index (χ2v) is 3.33. The number of nitrogens with two attached hydrogens (primary N) is 1. The van der Waals surface area contributed by atoms with Crippen molar-refractivity contribution in [2.45, 2.75) is 19.8 Å². The summed E-state index contributed by atoms with van der Waals surface area (Å²) in [6.07, 6.45) is 5.55. The van der Waals surface area contributed by atoms with Crippen LogP contribution in [-0.4, -0.2) is 0 Å². The first-order valence-electron chi connectivity index (χ1n) is 4.87. The van der Waals surface area contributed by atoms with Crippen molar-refractivity contribution in [3.8, 4) is 0 Å². The fourth-order valence-electron chi connectivity index (χ4n) is 1.50. The van der Waals surface area contributed by atoms with E-state index in [9.17, 15) is 0 Å².